The predicted molar refractivity (Wildman–Crippen MR) is 135 cm³/mol. The van der Waals surface area contributed by atoms with E-state index in [0.717, 1.165) is 0 Å². The standard InChI is InChI=1S/C27H27ClO10/c1-12-8-16(30)21(14(10-20(31)37-5)13-6-7-15(29)17(9-13)34-2)25(32)27(12)26(33)22-18(35-3)11-19(36-4)23(28)24(22)38-27/h6-7,9,11-12,14,29,32H,8,10H2,1-5H3/t12-,14?,27+/m1/s1. The minimum atomic E-state index is -2.01. The highest BCUT2D eigenvalue weighted by atomic mass is 35.5. The Morgan fingerprint density at radius 3 is 2.34 bits per heavy atom. The predicted octanol–water partition coefficient (Wildman–Crippen LogP) is 4.15. The van der Waals surface area contributed by atoms with E-state index >= 15 is 0 Å². The number of esters is 1. The number of aromatic hydroxyl groups is 1. The molecular weight excluding hydrogens is 520 g/mol. The normalized spacial score (nSPS) is 21.2. The van der Waals surface area contributed by atoms with Crippen molar-refractivity contribution in [1.29, 1.82) is 0 Å². The fourth-order valence-corrected chi connectivity index (χ4v) is 5.35. The molecule has 1 unspecified atom stereocenters. The first-order valence-corrected chi connectivity index (χ1v) is 12.0. The van der Waals surface area contributed by atoms with Gasteiger partial charge in [-0.25, -0.2) is 0 Å². The van der Waals surface area contributed by atoms with Crippen LogP contribution in [-0.2, 0) is 14.3 Å². The number of hydrogen-bond donors (Lipinski definition) is 2. The van der Waals surface area contributed by atoms with E-state index < -0.39 is 40.7 Å². The molecule has 202 valence electrons. The average molecular weight is 547 g/mol. The van der Waals surface area contributed by atoms with Gasteiger partial charge in [-0.05, 0) is 17.7 Å². The van der Waals surface area contributed by atoms with Crippen LogP contribution >= 0.6 is 11.6 Å². The van der Waals surface area contributed by atoms with Crippen molar-refractivity contribution < 1.29 is 48.3 Å². The second-order valence-electron chi connectivity index (χ2n) is 9.02. The van der Waals surface area contributed by atoms with Gasteiger partial charge in [-0.2, -0.15) is 0 Å². The van der Waals surface area contributed by atoms with Gasteiger partial charge in [0.15, 0.2) is 28.8 Å². The van der Waals surface area contributed by atoms with Crippen LogP contribution in [0.2, 0.25) is 5.02 Å². The van der Waals surface area contributed by atoms with Crippen molar-refractivity contribution in [2.24, 2.45) is 5.92 Å². The minimum absolute atomic E-state index is 0.00113. The monoisotopic (exact) mass is 546 g/mol. The van der Waals surface area contributed by atoms with E-state index in [1.165, 1.54) is 52.7 Å². The molecule has 0 amide bonds. The van der Waals surface area contributed by atoms with E-state index in [-0.39, 0.29) is 57.7 Å². The molecule has 0 saturated carbocycles. The second-order valence-corrected chi connectivity index (χ2v) is 9.40. The second kappa shape index (κ2) is 10.1. The smallest absolute Gasteiger partial charge is 0.306 e. The number of halogens is 1. The first kappa shape index (κ1) is 27.1. The summed E-state index contributed by atoms with van der Waals surface area (Å²) < 4.78 is 26.9. The topological polar surface area (TPSA) is 138 Å². The molecule has 2 N–H and O–H groups in total. The van der Waals surface area contributed by atoms with Gasteiger partial charge in [-0.3, -0.25) is 14.4 Å². The Morgan fingerprint density at radius 2 is 1.74 bits per heavy atom. The van der Waals surface area contributed by atoms with E-state index in [9.17, 15) is 24.6 Å². The summed E-state index contributed by atoms with van der Waals surface area (Å²) in [4.78, 5) is 39.9. The molecular formula is C27H27ClO10. The Morgan fingerprint density at radius 1 is 1.08 bits per heavy atom. The third-order valence-corrected chi connectivity index (χ3v) is 7.42. The number of benzene rings is 2. The van der Waals surface area contributed by atoms with Gasteiger partial charge in [0.2, 0.25) is 11.4 Å². The first-order chi connectivity index (χ1) is 18.0. The molecule has 1 aliphatic carbocycles. The van der Waals surface area contributed by atoms with E-state index in [0.29, 0.717) is 5.56 Å². The van der Waals surface area contributed by atoms with Gasteiger partial charge in [0.05, 0.1) is 34.9 Å². The number of Topliss-reactive ketones (excluding diaryl/α,β-unsaturated/α-hetero) is 2. The van der Waals surface area contributed by atoms with Crippen LogP contribution in [0.25, 0.3) is 0 Å². The number of hydrogen-bond acceptors (Lipinski definition) is 10. The van der Waals surface area contributed by atoms with Crippen LogP contribution in [-0.4, -0.2) is 61.8 Å². The van der Waals surface area contributed by atoms with Crippen molar-refractivity contribution >= 4 is 29.1 Å². The van der Waals surface area contributed by atoms with Crippen LogP contribution in [0, 0.1) is 5.92 Å². The summed E-state index contributed by atoms with van der Waals surface area (Å²) in [5.74, 6) is -4.10. The number of carbonyl (C=O) groups is 3. The number of aliphatic hydroxyl groups excluding tert-OH is 1. The number of carbonyl (C=O) groups excluding carboxylic acids is 3. The van der Waals surface area contributed by atoms with Gasteiger partial charge < -0.3 is 33.9 Å². The molecule has 4 rings (SSSR count). The molecule has 0 saturated heterocycles. The average Bonchev–Trinajstić information content (AvgIpc) is 3.22. The number of methoxy groups -OCH3 is 4. The summed E-state index contributed by atoms with van der Waals surface area (Å²) in [5.41, 5.74) is -1.83. The van der Waals surface area contributed by atoms with Gasteiger partial charge in [-0.1, -0.05) is 24.6 Å². The van der Waals surface area contributed by atoms with Crippen LogP contribution in [0.5, 0.6) is 28.7 Å². The number of aliphatic hydroxyl groups is 1. The third-order valence-electron chi connectivity index (χ3n) is 7.06. The van der Waals surface area contributed by atoms with Gasteiger partial charge in [0.1, 0.15) is 22.1 Å². The van der Waals surface area contributed by atoms with Crippen molar-refractivity contribution in [3.8, 4) is 28.7 Å². The lowest BCUT2D eigenvalue weighted by atomic mass is 9.69. The summed E-state index contributed by atoms with van der Waals surface area (Å²) >= 11 is 6.48. The molecule has 10 nitrogen and oxygen atoms in total. The molecule has 2 aromatic carbocycles. The van der Waals surface area contributed by atoms with Gasteiger partial charge in [-0.15, -0.1) is 0 Å². The van der Waals surface area contributed by atoms with E-state index in [1.54, 1.807) is 6.92 Å². The molecule has 0 aromatic heterocycles. The molecule has 2 aromatic rings. The Hall–Kier alpha value is -3.92. The van der Waals surface area contributed by atoms with Crippen molar-refractivity contribution in [3.05, 3.63) is 51.7 Å². The molecule has 38 heavy (non-hydrogen) atoms. The summed E-state index contributed by atoms with van der Waals surface area (Å²) in [7, 11) is 5.29. The zero-order chi connectivity index (χ0) is 27.9. The van der Waals surface area contributed by atoms with E-state index in [2.05, 4.69) is 0 Å². The molecule has 0 bridgehead atoms. The number of ketones is 2. The van der Waals surface area contributed by atoms with Gasteiger partial charge in [0.25, 0.3) is 0 Å². The lowest BCUT2D eigenvalue weighted by Crippen LogP contribution is -2.53. The zero-order valence-electron chi connectivity index (χ0n) is 21.4. The largest absolute Gasteiger partial charge is 0.507 e. The number of ether oxygens (including phenoxy) is 5. The maximum absolute atomic E-state index is 14.0. The SMILES string of the molecule is COC(=O)CC(C1=C(O)[C@@]2(Oc3c(Cl)c(OC)cc(OC)c3C2=O)[C@H](C)CC1=O)c1ccc(O)c(OC)c1. The number of rotatable bonds is 7. The Balaban J connectivity index is 1.96. The molecule has 3 atom stereocenters. The molecule has 1 spiro atoms. The summed E-state index contributed by atoms with van der Waals surface area (Å²) in [6.45, 7) is 1.60. The fraction of sp³-hybridized carbons (Fsp3) is 0.370. The highest BCUT2D eigenvalue weighted by molar-refractivity contribution is 6.35. The molecule has 0 radical (unpaired) electrons. The highest BCUT2D eigenvalue weighted by Gasteiger charge is 2.61. The summed E-state index contributed by atoms with van der Waals surface area (Å²) in [6.07, 6.45) is -0.526. The molecule has 1 aliphatic heterocycles. The van der Waals surface area contributed by atoms with Crippen LogP contribution in [0.15, 0.2) is 35.6 Å². The fourth-order valence-electron chi connectivity index (χ4n) is 5.09. The maximum Gasteiger partial charge on any atom is 0.306 e. The summed E-state index contributed by atoms with van der Waals surface area (Å²) in [6, 6.07) is 5.70. The van der Waals surface area contributed by atoms with Gasteiger partial charge >= 0.3 is 5.97 Å². The van der Waals surface area contributed by atoms with Crippen LogP contribution in [0.4, 0.5) is 0 Å². The van der Waals surface area contributed by atoms with Crippen molar-refractivity contribution in [3.63, 3.8) is 0 Å². The van der Waals surface area contributed by atoms with Crippen LogP contribution in [0.3, 0.4) is 0 Å². The Labute approximate surface area is 223 Å². The lowest BCUT2D eigenvalue weighted by molar-refractivity contribution is -0.140. The molecule has 11 heteroatoms. The number of phenols is 1. The van der Waals surface area contributed by atoms with Crippen LogP contribution < -0.4 is 18.9 Å². The Kier molecular flexibility index (Phi) is 7.20. The number of fused-ring (bicyclic) bond motifs is 1. The van der Waals surface area contributed by atoms with Crippen molar-refractivity contribution in [1.82, 2.24) is 0 Å². The van der Waals surface area contributed by atoms with Crippen molar-refractivity contribution in [2.75, 3.05) is 28.4 Å². The first-order valence-electron chi connectivity index (χ1n) is 11.6. The van der Waals surface area contributed by atoms with Crippen LogP contribution in [0.1, 0.15) is 41.6 Å². The van der Waals surface area contributed by atoms with Crippen molar-refractivity contribution in [2.45, 2.75) is 31.3 Å². The summed E-state index contributed by atoms with van der Waals surface area (Å²) in [5, 5.41) is 21.8. The molecule has 1 heterocycles. The number of allylic oxidation sites excluding steroid dienone is 1. The lowest BCUT2D eigenvalue weighted by Gasteiger charge is -2.38. The maximum atomic E-state index is 14.0. The van der Waals surface area contributed by atoms with E-state index in [1.807, 2.05) is 0 Å². The zero-order valence-corrected chi connectivity index (χ0v) is 22.2. The minimum Gasteiger partial charge on any atom is -0.507 e. The highest BCUT2D eigenvalue weighted by Crippen LogP contribution is 2.56. The Bertz CT molecular complexity index is 1360. The molecule has 2 aliphatic rings. The quantitative estimate of drug-likeness (QED) is 0.487. The van der Waals surface area contributed by atoms with Gasteiger partial charge in [0, 0.05) is 29.9 Å². The van der Waals surface area contributed by atoms with E-state index in [4.69, 9.17) is 35.3 Å². The number of phenolic OH excluding ortho intramolecular Hbond substituents is 1. The molecule has 0 fully saturated rings. The third kappa shape index (κ3) is 3.99.